The van der Waals surface area contributed by atoms with Gasteiger partial charge >= 0.3 is 0 Å². The number of hydrogen-bond donors (Lipinski definition) is 1. The van der Waals surface area contributed by atoms with E-state index >= 15 is 0 Å². The SMILES string of the molecule is CCNc1nc(C)cc(N2CCN(C(=O)c3cccc(-n4cnnn4)c3)CC2)n1. The van der Waals surface area contributed by atoms with E-state index in [0.717, 1.165) is 36.8 Å². The second-order valence-electron chi connectivity index (χ2n) is 6.81. The zero-order valence-electron chi connectivity index (χ0n) is 16.5. The van der Waals surface area contributed by atoms with Gasteiger partial charge in [0.15, 0.2) is 0 Å². The molecule has 0 atom stereocenters. The number of amides is 1. The van der Waals surface area contributed by atoms with Crippen LogP contribution in [0.1, 0.15) is 23.0 Å². The predicted octanol–water partition coefficient (Wildman–Crippen LogP) is 1.15. The van der Waals surface area contributed by atoms with E-state index < -0.39 is 0 Å². The largest absolute Gasteiger partial charge is 0.354 e. The van der Waals surface area contributed by atoms with Gasteiger partial charge in [-0.15, -0.1) is 5.10 Å². The molecule has 1 aliphatic heterocycles. The molecule has 0 unspecified atom stereocenters. The quantitative estimate of drug-likeness (QED) is 0.688. The lowest BCUT2D eigenvalue weighted by molar-refractivity contribution is 0.0746. The fraction of sp³-hybridized carbons (Fsp3) is 0.368. The highest BCUT2D eigenvalue weighted by molar-refractivity contribution is 5.95. The number of piperazine rings is 1. The average molecular weight is 393 g/mol. The molecule has 29 heavy (non-hydrogen) atoms. The zero-order valence-corrected chi connectivity index (χ0v) is 16.5. The Labute approximate surface area is 168 Å². The van der Waals surface area contributed by atoms with Gasteiger partial charge < -0.3 is 15.1 Å². The topological polar surface area (TPSA) is 105 Å². The van der Waals surface area contributed by atoms with Crippen molar-refractivity contribution in [2.75, 3.05) is 42.9 Å². The molecule has 0 bridgehead atoms. The van der Waals surface area contributed by atoms with E-state index in [2.05, 4.69) is 35.7 Å². The molecule has 1 fully saturated rings. The van der Waals surface area contributed by atoms with Crippen molar-refractivity contribution < 1.29 is 4.79 Å². The average Bonchev–Trinajstić information content (AvgIpc) is 3.28. The number of anilines is 2. The summed E-state index contributed by atoms with van der Waals surface area (Å²) in [7, 11) is 0. The molecule has 1 saturated heterocycles. The molecule has 0 saturated carbocycles. The Balaban J connectivity index is 1.43. The van der Waals surface area contributed by atoms with Gasteiger partial charge in [-0.3, -0.25) is 4.79 Å². The van der Waals surface area contributed by atoms with Gasteiger partial charge in [0.2, 0.25) is 5.95 Å². The van der Waals surface area contributed by atoms with E-state index in [-0.39, 0.29) is 5.91 Å². The number of carbonyl (C=O) groups excluding carboxylic acids is 1. The lowest BCUT2D eigenvalue weighted by Crippen LogP contribution is -2.49. The van der Waals surface area contributed by atoms with Crippen molar-refractivity contribution in [3.63, 3.8) is 0 Å². The molecule has 0 aliphatic carbocycles. The van der Waals surface area contributed by atoms with Gasteiger partial charge in [0.25, 0.3) is 5.91 Å². The normalized spacial score (nSPS) is 14.1. The maximum absolute atomic E-state index is 13.0. The number of rotatable bonds is 5. The number of hydrogen-bond acceptors (Lipinski definition) is 8. The highest BCUT2D eigenvalue weighted by atomic mass is 16.2. The molecular formula is C19H23N9O. The summed E-state index contributed by atoms with van der Waals surface area (Å²) in [6.45, 7) is 7.46. The number of nitrogens with zero attached hydrogens (tertiary/aromatic N) is 8. The van der Waals surface area contributed by atoms with Gasteiger partial charge in [0.05, 0.1) is 5.69 Å². The molecule has 10 nitrogen and oxygen atoms in total. The first kappa shape index (κ1) is 18.8. The molecule has 1 aliphatic rings. The van der Waals surface area contributed by atoms with Crippen LogP contribution in [-0.2, 0) is 0 Å². The van der Waals surface area contributed by atoms with Crippen molar-refractivity contribution in [2.45, 2.75) is 13.8 Å². The second kappa shape index (κ2) is 8.21. The Bertz CT molecular complexity index is 981. The first-order valence-electron chi connectivity index (χ1n) is 9.61. The monoisotopic (exact) mass is 393 g/mol. The molecule has 0 radical (unpaired) electrons. The van der Waals surface area contributed by atoms with Crippen LogP contribution in [0.5, 0.6) is 0 Å². The van der Waals surface area contributed by atoms with Crippen LogP contribution in [-0.4, -0.2) is 73.7 Å². The van der Waals surface area contributed by atoms with Crippen molar-refractivity contribution in [3.05, 3.63) is 47.9 Å². The molecule has 1 amide bonds. The van der Waals surface area contributed by atoms with Crippen LogP contribution in [0.25, 0.3) is 5.69 Å². The minimum atomic E-state index is 0.00628. The summed E-state index contributed by atoms with van der Waals surface area (Å²) in [6, 6.07) is 9.31. The third-order valence-electron chi connectivity index (χ3n) is 4.77. The number of benzene rings is 1. The molecule has 0 spiro atoms. The smallest absolute Gasteiger partial charge is 0.254 e. The fourth-order valence-corrected chi connectivity index (χ4v) is 3.33. The highest BCUT2D eigenvalue weighted by Crippen LogP contribution is 2.18. The molecule has 2 aromatic heterocycles. The highest BCUT2D eigenvalue weighted by Gasteiger charge is 2.23. The first-order valence-corrected chi connectivity index (χ1v) is 9.61. The van der Waals surface area contributed by atoms with Crippen LogP contribution >= 0.6 is 0 Å². The summed E-state index contributed by atoms with van der Waals surface area (Å²) < 4.78 is 1.54. The van der Waals surface area contributed by atoms with Crippen molar-refractivity contribution in [1.82, 2.24) is 35.1 Å². The maximum Gasteiger partial charge on any atom is 0.254 e. The minimum Gasteiger partial charge on any atom is -0.354 e. The van der Waals surface area contributed by atoms with Gasteiger partial charge in [-0.05, 0) is 42.5 Å². The van der Waals surface area contributed by atoms with Crippen LogP contribution < -0.4 is 10.2 Å². The molecule has 1 N–H and O–H groups in total. The van der Waals surface area contributed by atoms with Gasteiger partial charge in [-0.25, -0.2) is 9.67 Å². The number of nitrogens with one attached hydrogen (secondary N) is 1. The van der Waals surface area contributed by atoms with E-state index in [1.807, 2.05) is 49.1 Å². The van der Waals surface area contributed by atoms with Gasteiger partial charge in [-0.1, -0.05) is 6.07 Å². The van der Waals surface area contributed by atoms with Crippen LogP contribution in [0.2, 0.25) is 0 Å². The Morgan fingerprint density at radius 1 is 1.14 bits per heavy atom. The molecule has 1 aromatic carbocycles. The van der Waals surface area contributed by atoms with Crippen molar-refractivity contribution in [1.29, 1.82) is 0 Å². The van der Waals surface area contributed by atoms with E-state index in [1.165, 1.54) is 11.0 Å². The molecular weight excluding hydrogens is 370 g/mol. The zero-order chi connectivity index (χ0) is 20.2. The Morgan fingerprint density at radius 3 is 2.69 bits per heavy atom. The summed E-state index contributed by atoms with van der Waals surface area (Å²) >= 11 is 0. The van der Waals surface area contributed by atoms with Crippen molar-refractivity contribution in [3.8, 4) is 5.69 Å². The summed E-state index contributed by atoms with van der Waals surface area (Å²) in [4.78, 5) is 26.0. The van der Waals surface area contributed by atoms with Gasteiger partial charge in [-0.2, -0.15) is 4.98 Å². The standard InChI is InChI=1S/C19H23N9O/c1-3-20-19-22-14(2)11-17(23-19)26-7-9-27(10-8-26)18(29)15-5-4-6-16(12-15)28-13-21-24-25-28/h4-6,11-13H,3,7-10H2,1-2H3,(H,20,22,23). The van der Waals surface area contributed by atoms with Crippen molar-refractivity contribution in [2.24, 2.45) is 0 Å². The summed E-state index contributed by atoms with van der Waals surface area (Å²) in [6.07, 6.45) is 1.51. The second-order valence-corrected chi connectivity index (χ2v) is 6.81. The molecule has 3 heterocycles. The van der Waals surface area contributed by atoms with Gasteiger partial charge in [0, 0.05) is 50.0 Å². The number of aromatic nitrogens is 6. The van der Waals surface area contributed by atoms with Crippen LogP contribution in [0.4, 0.5) is 11.8 Å². The van der Waals surface area contributed by atoms with E-state index in [1.54, 1.807) is 0 Å². The van der Waals surface area contributed by atoms with Crippen LogP contribution in [0.15, 0.2) is 36.7 Å². The Hall–Kier alpha value is -3.56. The molecule has 3 aromatic rings. The van der Waals surface area contributed by atoms with E-state index in [4.69, 9.17) is 0 Å². The predicted molar refractivity (Wildman–Crippen MR) is 108 cm³/mol. The number of carbonyl (C=O) groups is 1. The minimum absolute atomic E-state index is 0.00628. The van der Waals surface area contributed by atoms with Gasteiger partial charge in [0.1, 0.15) is 12.1 Å². The Kier molecular flexibility index (Phi) is 5.32. The Morgan fingerprint density at radius 2 is 1.97 bits per heavy atom. The third-order valence-corrected chi connectivity index (χ3v) is 4.77. The number of tetrazole rings is 1. The van der Waals surface area contributed by atoms with Crippen LogP contribution in [0.3, 0.4) is 0 Å². The third kappa shape index (κ3) is 4.15. The lowest BCUT2D eigenvalue weighted by atomic mass is 10.1. The summed E-state index contributed by atoms with van der Waals surface area (Å²) in [5.41, 5.74) is 2.30. The molecule has 10 heteroatoms. The fourth-order valence-electron chi connectivity index (χ4n) is 3.33. The van der Waals surface area contributed by atoms with Crippen LogP contribution in [0, 0.1) is 6.92 Å². The maximum atomic E-state index is 13.0. The first-order chi connectivity index (χ1) is 14.1. The van der Waals surface area contributed by atoms with E-state index in [9.17, 15) is 4.79 Å². The molecule has 150 valence electrons. The summed E-state index contributed by atoms with van der Waals surface area (Å²) in [5.74, 6) is 1.54. The van der Waals surface area contributed by atoms with E-state index in [0.29, 0.717) is 24.6 Å². The number of aryl methyl sites for hydroxylation is 1. The lowest BCUT2D eigenvalue weighted by Gasteiger charge is -2.35. The summed E-state index contributed by atoms with van der Waals surface area (Å²) in [5, 5.41) is 14.3. The molecule has 4 rings (SSSR count). The van der Waals surface area contributed by atoms with Crippen molar-refractivity contribution >= 4 is 17.7 Å².